The van der Waals surface area contributed by atoms with E-state index in [9.17, 15) is 4.79 Å². The molecule has 1 unspecified atom stereocenters. The van der Waals surface area contributed by atoms with Gasteiger partial charge in [0.1, 0.15) is 5.82 Å². The number of thioether (sulfide) groups is 1. The summed E-state index contributed by atoms with van der Waals surface area (Å²) in [5.74, 6) is 2.91. The van der Waals surface area contributed by atoms with Gasteiger partial charge in [0.05, 0.1) is 22.7 Å². The molecule has 0 aliphatic rings. The quantitative estimate of drug-likeness (QED) is 0.347. The van der Waals surface area contributed by atoms with Crippen LogP contribution in [-0.4, -0.2) is 52.9 Å². The molecule has 176 valence electrons. The summed E-state index contributed by atoms with van der Waals surface area (Å²) in [6.07, 6.45) is 3.15. The van der Waals surface area contributed by atoms with E-state index in [1.54, 1.807) is 23.4 Å². The Kier molecular flexibility index (Phi) is 6.85. The summed E-state index contributed by atoms with van der Waals surface area (Å²) in [6, 6.07) is 6.13. The van der Waals surface area contributed by atoms with Gasteiger partial charge in [-0.2, -0.15) is 0 Å². The maximum atomic E-state index is 12.8. The van der Waals surface area contributed by atoms with Gasteiger partial charge in [0.2, 0.25) is 5.78 Å². The van der Waals surface area contributed by atoms with Crippen molar-refractivity contribution < 1.29 is 0 Å². The molecule has 0 bridgehead atoms. The van der Waals surface area contributed by atoms with Crippen molar-refractivity contribution in [2.24, 2.45) is 7.05 Å². The number of nitrogens with zero attached hydrogens (tertiary/aromatic N) is 8. The first kappa shape index (κ1) is 23.4. The smallest absolute Gasteiger partial charge is 0.262 e. The van der Waals surface area contributed by atoms with Crippen LogP contribution in [0.2, 0.25) is 0 Å². The molecule has 1 atom stereocenters. The van der Waals surface area contributed by atoms with Crippen molar-refractivity contribution in [3.63, 3.8) is 0 Å². The molecule has 10 heteroatoms. The lowest BCUT2D eigenvalue weighted by molar-refractivity contribution is 0.270. The molecule has 9 nitrogen and oxygen atoms in total. The topological polar surface area (TPSA) is 86.1 Å². The first-order chi connectivity index (χ1) is 15.9. The van der Waals surface area contributed by atoms with Crippen molar-refractivity contribution in [3.8, 4) is 0 Å². The zero-order chi connectivity index (χ0) is 23.7. The molecule has 0 saturated heterocycles. The third-order valence-electron chi connectivity index (χ3n) is 6.06. The fourth-order valence-electron chi connectivity index (χ4n) is 4.24. The molecule has 3 aromatic heterocycles. The van der Waals surface area contributed by atoms with Crippen LogP contribution in [0, 0.1) is 6.92 Å². The molecule has 0 aliphatic carbocycles. The standard InChI is InChI=1S/C23H32N8OS/c1-7-9-12-30-20(17(8-2)28(4)5)25-27-23(30)33-14-19-24-26-22-29(6)21(32)16-13-15(3)10-11-18(16)31(19)22/h10-11,13,17H,7-9,12,14H2,1-6H3. The lowest BCUT2D eigenvalue weighted by Crippen LogP contribution is -2.23. The van der Waals surface area contributed by atoms with Crippen LogP contribution in [0.4, 0.5) is 0 Å². The van der Waals surface area contributed by atoms with Gasteiger partial charge in [0.15, 0.2) is 11.0 Å². The van der Waals surface area contributed by atoms with E-state index in [1.807, 2.05) is 29.5 Å². The number of benzene rings is 1. The van der Waals surface area contributed by atoms with Crippen LogP contribution in [0.1, 0.15) is 56.4 Å². The fraction of sp³-hybridized carbons (Fsp3) is 0.522. The predicted molar refractivity (Wildman–Crippen MR) is 132 cm³/mol. The maximum Gasteiger partial charge on any atom is 0.262 e. The van der Waals surface area contributed by atoms with Crippen LogP contribution >= 0.6 is 11.8 Å². The van der Waals surface area contributed by atoms with Gasteiger partial charge in [-0.05, 0) is 46.0 Å². The van der Waals surface area contributed by atoms with E-state index in [-0.39, 0.29) is 11.6 Å². The molecular weight excluding hydrogens is 436 g/mol. The van der Waals surface area contributed by atoms with E-state index in [2.05, 4.69) is 57.8 Å². The predicted octanol–water partition coefficient (Wildman–Crippen LogP) is 3.59. The molecular formula is C23H32N8OS. The Morgan fingerprint density at radius 3 is 2.61 bits per heavy atom. The molecule has 0 fully saturated rings. The number of fused-ring (bicyclic) bond motifs is 3. The van der Waals surface area contributed by atoms with Gasteiger partial charge < -0.3 is 4.57 Å². The molecule has 3 heterocycles. The monoisotopic (exact) mass is 468 g/mol. The van der Waals surface area contributed by atoms with Crippen molar-refractivity contribution >= 4 is 28.4 Å². The van der Waals surface area contributed by atoms with Gasteiger partial charge in [0.25, 0.3) is 5.56 Å². The normalized spacial score (nSPS) is 12.9. The van der Waals surface area contributed by atoms with Crippen molar-refractivity contribution in [2.75, 3.05) is 14.1 Å². The minimum Gasteiger partial charge on any atom is -0.305 e. The largest absolute Gasteiger partial charge is 0.305 e. The van der Waals surface area contributed by atoms with Crippen LogP contribution < -0.4 is 5.56 Å². The van der Waals surface area contributed by atoms with E-state index < -0.39 is 0 Å². The lowest BCUT2D eigenvalue weighted by atomic mass is 10.1. The van der Waals surface area contributed by atoms with Crippen molar-refractivity contribution in [2.45, 2.75) is 63.5 Å². The van der Waals surface area contributed by atoms with E-state index in [4.69, 9.17) is 0 Å². The van der Waals surface area contributed by atoms with Crippen LogP contribution in [0.5, 0.6) is 0 Å². The van der Waals surface area contributed by atoms with Crippen LogP contribution in [0.3, 0.4) is 0 Å². The SMILES string of the molecule is CCCCn1c(SCc2nnc3n(C)c(=O)c4cc(C)ccc4n23)nnc1C(CC)N(C)C. The van der Waals surface area contributed by atoms with E-state index >= 15 is 0 Å². The highest BCUT2D eigenvalue weighted by Crippen LogP contribution is 2.28. The highest BCUT2D eigenvalue weighted by atomic mass is 32.2. The third kappa shape index (κ3) is 4.29. The fourth-order valence-corrected chi connectivity index (χ4v) is 5.12. The highest BCUT2D eigenvalue weighted by Gasteiger charge is 2.22. The summed E-state index contributed by atoms with van der Waals surface area (Å²) in [6.45, 7) is 7.25. The summed E-state index contributed by atoms with van der Waals surface area (Å²) in [5, 5.41) is 19.4. The Morgan fingerprint density at radius 2 is 1.91 bits per heavy atom. The van der Waals surface area contributed by atoms with Crippen LogP contribution in [0.25, 0.3) is 16.7 Å². The average molecular weight is 469 g/mol. The molecule has 4 aromatic rings. The van der Waals surface area contributed by atoms with Gasteiger partial charge in [-0.3, -0.25) is 18.7 Å². The number of hydrogen-bond acceptors (Lipinski definition) is 7. The zero-order valence-electron chi connectivity index (χ0n) is 20.2. The Labute approximate surface area is 197 Å². The summed E-state index contributed by atoms with van der Waals surface area (Å²) in [4.78, 5) is 15.0. The second-order valence-electron chi connectivity index (χ2n) is 8.66. The molecule has 0 spiro atoms. The maximum absolute atomic E-state index is 12.8. The van der Waals surface area contributed by atoms with E-state index in [1.165, 1.54) is 0 Å². The van der Waals surface area contributed by atoms with Gasteiger partial charge >= 0.3 is 0 Å². The minimum atomic E-state index is -0.0638. The Bertz CT molecular complexity index is 1340. The number of unbranched alkanes of at least 4 members (excludes halogenated alkanes) is 1. The van der Waals surface area contributed by atoms with E-state index in [0.29, 0.717) is 16.9 Å². The Balaban J connectivity index is 1.73. The molecule has 4 rings (SSSR count). The Morgan fingerprint density at radius 1 is 1.12 bits per heavy atom. The molecule has 33 heavy (non-hydrogen) atoms. The second-order valence-corrected chi connectivity index (χ2v) is 9.60. The van der Waals surface area contributed by atoms with E-state index in [0.717, 1.165) is 53.7 Å². The minimum absolute atomic E-state index is 0.0638. The molecule has 0 amide bonds. The molecule has 1 aromatic carbocycles. The Hall–Kier alpha value is -2.72. The summed E-state index contributed by atoms with van der Waals surface area (Å²) >= 11 is 1.61. The first-order valence-corrected chi connectivity index (χ1v) is 12.4. The number of rotatable bonds is 9. The molecule has 0 radical (unpaired) electrons. The number of hydrogen-bond donors (Lipinski definition) is 0. The molecule has 0 aliphatic heterocycles. The zero-order valence-corrected chi connectivity index (χ0v) is 21.1. The van der Waals surface area contributed by atoms with Gasteiger partial charge in [-0.1, -0.05) is 43.7 Å². The van der Waals surface area contributed by atoms with Crippen molar-refractivity contribution in [3.05, 3.63) is 45.8 Å². The molecule has 0 N–H and O–H groups in total. The summed E-state index contributed by atoms with van der Waals surface area (Å²) < 4.78 is 5.79. The second kappa shape index (κ2) is 9.64. The van der Waals surface area contributed by atoms with Crippen molar-refractivity contribution in [1.29, 1.82) is 0 Å². The van der Waals surface area contributed by atoms with Crippen LogP contribution in [0.15, 0.2) is 28.2 Å². The lowest BCUT2D eigenvalue weighted by Gasteiger charge is -2.23. The first-order valence-electron chi connectivity index (χ1n) is 11.4. The molecule has 0 saturated carbocycles. The average Bonchev–Trinajstić information content (AvgIpc) is 3.39. The number of aryl methyl sites for hydroxylation is 2. The van der Waals surface area contributed by atoms with Gasteiger partial charge in [0, 0.05) is 13.6 Å². The third-order valence-corrected chi connectivity index (χ3v) is 7.02. The summed E-state index contributed by atoms with van der Waals surface area (Å²) in [5.41, 5.74) is 1.81. The highest BCUT2D eigenvalue weighted by molar-refractivity contribution is 7.98. The van der Waals surface area contributed by atoms with Crippen molar-refractivity contribution in [1.82, 2.24) is 38.8 Å². The van der Waals surface area contributed by atoms with Gasteiger partial charge in [-0.25, -0.2) is 0 Å². The van der Waals surface area contributed by atoms with Crippen LogP contribution in [-0.2, 0) is 19.3 Å². The summed E-state index contributed by atoms with van der Waals surface area (Å²) in [7, 11) is 5.91. The number of aromatic nitrogens is 7. The van der Waals surface area contributed by atoms with Gasteiger partial charge in [-0.15, -0.1) is 20.4 Å².